The fourth-order valence-corrected chi connectivity index (χ4v) is 3.99. The van der Waals surface area contributed by atoms with Crippen LogP contribution < -0.4 is 0 Å². The first-order valence-corrected chi connectivity index (χ1v) is 8.18. The van der Waals surface area contributed by atoms with Gasteiger partial charge in [-0.15, -0.1) is 0 Å². The van der Waals surface area contributed by atoms with Gasteiger partial charge in [0.1, 0.15) is 11.6 Å². The van der Waals surface area contributed by atoms with Crippen molar-refractivity contribution >= 4 is 10.0 Å². The van der Waals surface area contributed by atoms with Crippen molar-refractivity contribution < 1.29 is 22.3 Å². The molecule has 0 unspecified atom stereocenters. The minimum absolute atomic E-state index is 0.00527. The third-order valence-electron chi connectivity index (χ3n) is 3.48. The Morgan fingerprint density at radius 3 is 2.38 bits per heavy atom. The van der Waals surface area contributed by atoms with Crippen molar-refractivity contribution in [3.63, 3.8) is 0 Å². The van der Waals surface area contributed by atoms with E-state index in [1.54, 1.807) is 0 Å². The Labute approximate surface area is 122 Å². The van der Waals surface area contributed by atoms with Gasteiger partial charge >= 0.3 is 0 Å². The van der Waals surface area contributed by atoms with Crippen molar-refractivity contribution in [2.45, 2.75) is 11.3 Å². The Kier molecular flexibility index (Phi) is 5.26. The summed E-state index contributed by atoms with van der Waals surface area (Å²) in [4.78, 5) is 1.04. The average molecular weight is 320 g/mol. The monoisotopic (exact) mass is 320 g/mol. The molecule has 0 aromatic heterocycles. The van der Waals surface area contributed by atoms with Gasteiger partial charge in [-0.05, 0) is 25.1 Å². The van der Waals surface area contributed by atoms with Gasteiger partial charge in [-0.25, -0.2) is 17.2 Å². The fraction of sp³-hybridized carbons (Fsp3) is 0.538. The van der Waals surface area contributed by atoms with Crippen LogP contribution in [0.25, 0.3) is 0 Å². The first-order valence-electron chi connectivity index (χ1n) is 6.74. The van der Waals surface area contributed by atoms with Crippen molar-refractivity contribution in [1.29, 1.82) is 0 Å². The second kappa shape index (κ2) is 6.78. The third kappa shape index (κ3) is 3.57. The summed E-state index contributed by atoms with van der Waals surface area (Å²) in [7, 11) is -4.19. The molecule has 21 heavy (non-hydrogen) atoms. The number of hydrogen-bond acceptors (Lipinski definition) is 4. The molecule has 2 rings (SSSR count). The summed E-state index contributed by atoms with van der Waals surface area (Å²) in [6.07, 6.45) is 0.551. The molecule has 1 fully saturated rings. The highest BCUT2D eigenvalue weighted by Crippen LogP contribution is 2.23. The van der Waals surface area contributed by atoms with Crippen molar-refractivity contribution in [1.82, 2.24) is 9.21 Å². The Morgan fingerprint density at radius 1 is 1.10 bits per heavy atom. The smallest absolute Gasteiger partial charge is 0.248 e. The van der Waals surface area contributed by atoms with Gasteiger partial charge < -0.3 is 5.11 Å². The zero-order chi connectivity index (χ0) is 15.5. The number of nitrogens with zero attached hydrogens (tertiary/aromatic N) is 2. The molecule has 1 heterocycles. The Bertz CT molecular complexity index is 575. The Balaban J connectivity index is 2.24. The summed E-state index contributed by atoms with van der Waals surface area (Å²) < 4.78 is 53.4. The summed E-state index contributed by atoms with van der Waals surface area (Å²) >= 11 is 0. The molecule has 0 radical (unpaired) electrons. The molecular formula is C13H18F2N2O3S. The van der Waals surface area contributed by atoms with E-state index in [-0.39, 0.29) is 19.7 Å². The van der Waals surface area contributed by atoms with E-state index in [0.29, 0.717) is 26.1 Å². The van der Waals surface area contributed by atoms with Crippen LogP contribution in [0.4, 0.5) is 8.78 Å². The standard InChI is InChI=1S/C13H18F2N2O3S/c14-11-3-1-4-12(15)13(11)21(19,20)17-6-2-5-16(7-8-17)9-10-18/h1,3-4,18H,2,5-10H2. The van der Waals surface area contributed by atoms with E-state index < -0.39 is 26.6 Å². The molecule has 8 heteroatoms. The molecule has 1 aliphatic rings. The molecule has 0 aliphatic carbocycles. The number of aliphatic hydroxyl groups is 1. The zero-order valence-electron chi connectivity index (χ0n) is 11.5. The van der Waals surface area contributed by atoms with Crippen LogP contribution in [0, 0.1) is 11.6 Å². The average Bonchev–Trinajstić information content (AvgIpc) is 2.65. The highest BCUT2D eigenvalue weighted by atomic mass is 32.2. The van der Waals surface area contributed by atoms with Gasteiger partial charge in [-0.1, -0.05) is 6.07 Å². The predicted octanol–water partition coefficient (Wildman–Crippen LogP) is 0.653. The predicted molar refractivity (Wildman–Crippen MR) is 73.3 cm³/mol. The van der Waals surface area contributed by atoms with E-state index in [9.17, 15) is 17.2 Å². The number of benzene rings is 1. The number of rotatable bonds is 4. The molecule has 1 aromatic rings. The Hall–Kier alpha value is -1.09. The largest absolute Gasteiger partial charge is 0.395 e. The zero-order valence-corrected chi connectivity index (χ0v) is 12.3. The van der Waals surface area contributed by atoms with Gasteiger partial charge in [0.25, 0.3) is 0 Å². The van der Waals surface area contributed by atoms with Crippen LogP contribution in [0.2, 0.25) is 0 Å². The van der Waals surface area contributed by atoms with Crippen molar-refractivity contribution in [3.05, 3.63) is 29.8 Å². The second-order valence-corrected chi connectivity index (χ2v) is 6.75. The normalized spacial score (nSPS) is 18.6. The van der Waals surface area contributed by atoms with E-state index >= 15 is 0 Å². The summed E-state index contributed by atoms with van der Waals surface area (Å²) in [5, 5.41) is 8.91. The second-order valence-electron chi connectivity index (χ2n) is 4.87. The molecule has 0 spiro atoms. The Morgan fingerprint density at radius 2 is 1.76 bits per heavy atom. The van der Waals surface area contributed by atoms with Crippen molar-refractivity contribution in [2.24, 2.45) is 0 Å². The van der Waals surface area contributed by atoms with Gasteiger partial charge in [0, 0.05) is 26.2 Å². The fourth-order valence-electron chi connectivity index (χ4n) is 2.41. The first-order chi connectivity index (χ1) is 9.96. The number of β-amino-alcohol motifs (C(OH)–C–C–N with tert-alkyl or cyclic N) is 1. The highest BCUT2D eigenvalue weighted by Gasteiger charge is 2.31. The molecule has 5 nitrogen and oxygen atoms in total. The minimum Gasteiger partial charge on any atom is -0.395 e. The van der Waals surface area contributed by atoms with E-state index in [1.165, 1.54) is 0 Å². The van der Waals surface area contributed by atoms with Gasteiger partial charge in [-0.3, -0.25) is 4.90 Å². The van der Waals surface area contributed by atoms with Gasteiger partial charge in [0.05, 0.1) is 6.61 Å². The number of hydrogen-bond donors (Lipinski definition) is 1. The summed E-state index contributed by atoms with van der Waals surface area (Å²) in [6, 6.07) is 3.01. The van der Waals surface area contributed by atoms with Crippen LogP contribution in [0.1, 0.15) is 6.42 Å². The van der Waals surface area contributed by atoms with Crippen LogP contribution in [0.15, 0.2) is 23.1 Å². The molecule has 1 aliphatic heterocycles. The topological polar surface area (TPSA) is 60.9 Å². The van der Waals surface area contributed by atoms with E-state index in [4.69, 9.17) is 5.11 Å². The lowest BCUT2D eigenvalue weighted by Crippen LogP contribution is -2.36. The molecule has 1 saturated heterocycles. The van der Waals surface area contributed by atoms with E-state index in [1.807, 2.05) is 4.90 Å². The van der Waals surface area contributed by atoms with E-state index in [2.05, 4.69) is 0 Å². The molecule has 0 amide bonds. The number of aliphatic hydroxyl groups excluding tert-OH is 1. The molecular weight excluding hydrogens is 302 g/mol. The molecule has 0 saturated carbocycles. The van der Waals surface area contributed by atoms with Crippen LogP contribution in [0.3, 0.4) is 0 Å². The lowest BCUT2D eigenvalue weighted by molar-refractivity contribution is 0.202. The van der Waals surface area contributed by atoms with Crippen LogP contribution in [-0.4, -0.2) is 62.1 Å². The molecule has 118 valence electrons. The number of halogens is 2. The molecule has 1 N–H and O–H groups in total. The lowest BCUT2D eigenvalue weighted by atomic mass is 10.3. The maximum atomic E-state index is 13.7. The molecule has 0 atom stereocenters. The first kappa shape index (κ1) is 16.3. The summed E-state index contributed by atoms with van der Waals surface area (Å²) in [6.45, 7) is 1.88. The number of sulfonamides is 1. The summed E-state index contributed by atoms with van der Waals surface area (Å²) in [5.41, 5.74) is 0. The lowest BCUT2D eigenvalue weighted by Gasteiger charge is -2.21. The molecule has 1 aromatic carbocycles. The highest BCUT2D eigenvalue weighted by molar-refractivity contribution is 7.89. The third-order valence-corrected chi connectivity index (χ3v) is 5.43. The minimum atomic E-state index is -4.19. The maximum Gasteiger partial charge on any atom is 0.248 e. The van der Waals surface area contributed by atoms with Crippen molar-refractivity contribution in [2.75, 3.05) is 39.3 Å². The van der Waals surface area contributed by atoms with Crippen molar-refractivity contribution in [3.8, 4) is 0 Å². The van der Waals surface area contributed by atoms with Gasteiger partial charge in [-0.2, -0.15) is 4.31 Å². The quantitative estimate of drug-likeness (QED) is 0.885. The van der Waals surface area contributed by atoms with Gasteiger partial charge in [0.15, 0.2) is 4.90 Å². The van der Waals surface area contributed by atoms with Crippen LogP contribution >= 0.6 is 0 Å². The maximum absolute atomic E-state index is 13.7. The SMILES string of the molecule is O=S(=O)(c1c(F)cccc1F)N1CCCN(CCO)CC1. The van der Waals surface area contributed by atoms with Crippen LogP contribution in [0.5, 0.6) is 0 Å². The van der Waals surface area contributed by atoms with Gasteiger partial charge in [0.2, 0.25) is 10.0 Å². The molecule has 0 bridgehead atoms. The van der Waals surface area contributed by atoms with Crippen LogP contribution in [-0.2, 0) is 10.0 Å². The van der Waals surface area contributed by atoms with E-state index in [0.717, 1.165) is 22.5 Å². The summed E-state index contributed by atoms with van der Waals surface area (Å²) in [5.74, 6) is -2.15.